The van der Waals surface area contributed by atoms with E-state index in [9.17, 15) is 18.3 Å². The third kappa shape index (κ3) is 1.66. The zero-order chi connectivity index (χ0) is 12.9. The Morgan fingerprint density at radius 3 is 2.67 bits per heavy atom. The molecule has 1 aliphatic carbocycles. The van der Waals surface area contributed by atoms with Crippen LogP contribution in [-0.2, 0) is 6.18 Å². The highest BCUT2D eigenvalue weighted by Gasteiger charge is 2.42. The average Bonchev–Trinajstić information content (AvgIpc) is 2.63. The van der Waals surface area contributed by atoms with Crippen molar-refractivity contribution in [3.05, 3.63) is 24.2 Å². The highest BCUT2D eigenvalue weighted by atomic mass is 19.4. The van der Waals surface area contributed by atoms with Gasteiger partial charge < -0.3 is 9.67 Å². The molecule has 1 N–H and O–H groups in total. The number of aliphatic hydroxyl groups excluding tert-OH is 1. The molecule has 7 heteroatoms. The van der Waals surface area contributed by atoms with E-state index in [-0.39, 0.29) is 11.7 Å². The molecule has 0 unspecified atom stereocenters. The molecule has 2 aromatic rings. The Balaban J connectivity index is 2.18. The van der Waals surface area contributed by atoms with Crippen molar-refractivity contribution < 1.29 is 18.3 Å². The van der Waals surface area contributed by atoms with E-state index in [1.807, 2.05) is 0 Å². The summed E-state index contributed by atoms with van der Waals surface area (Å²) in [5.74, 6) is -0.937. The molecule has 2 heterocycles. The molecule has 0 atom stereocenters. The zero-order valence-corrected chi connectivity index (χ0v) is 9.22. The van der Waals surface area contributed by atoms with Gasteiger partial charge in [0, 0.05) is 12.2 Å². The molecule has 96 valence electrons. The summed E-state index contributed by atoms with van der Waals surface area (Å²) in [7, 11) is 0. The van der Waals surface area contributed by atoms with E-state index in [4.69, 9.17) is 0 Å². The fourth-order valence-electron chi connectivity index (χ4n) is 2.27. The Morgan fingerprint density at radius 2 is 2.06 bits per heavy atom. The number of pyridine rings is 1. The molecule has 3 rings (SSSR count). The van der Waals surface area contributed by atoms with Crippen LogP contribution in [0.15, 0.2) is 18.3 Å². The summed E-state index contributed by atoms with van der Waals surface area (Å²) in [5.41, 5.74) is 0.452. The van der Waals surface area contributed by atoms with E-state index in [1.54, 1.807) is 12.1 Å². The molecule has 0 spiro atoms. The van der Waals surface area contributed by atoms with Gasteiger partial charge in [-0.2, -0.15) is 13.2 Å². The summed E-state index contributed by atoms with van der Waals surface area (Å²) in [4.78, 5) is 7.40. The van der Waals surface area contributed by atoms with Crippen molar-refractivity contribution in [2.24, 2.45) is 0 Å². The van der Waals surface area contributed by atoms with Gasteiger partial charge in [0.25, 0.3) is 0 Å². The van der Waals surface area contributed by atoms with Gasteiger partial charge in [0.05, 0.1) is 11.6 Å². The second-order valence-corrected chi connectivity index (χ2v) is 4.43. The standard InChI is InChI=1S/C11H10F3N3O/c12-11(13,14)10-16-9-8(2-1-3-15-9)17(10)6-4-7(18)5-6/h1-3,6-7,18H,4-5H2. The summed E-state index contributed by atoms with van der Waals surface area (Å²) in [6, 6.07) is 2.79. The molecule has 0 radical (unpaired) electrons. The van der Waals surface area contributed by atoms with E-state index >= 15 is 0 Å². The predicted molar refractivity (Wildman–Crippen MR) is 56.8 cm³/mol. The van der Waals surface area contributed by atoms with Gasteiger partial charge in [0.15, 0.2) is 5.65 Å². The maximum Gasteiger partial charge on any atom is 0.449 e. The molecule has 4 nitrogen and oxygen atoms in total. The zero-order valence-electron chi connectivity index (χ0n) is 9.22. The van der Waals surface area contributed by atoms with Crippen molar-refractivity contribution in [1.29, 1.82) is 0 Å². The third-order valence-electron chi connectivity index (χ3n) is 3.17. The van der Waals surface area contributed by atoms with Crippen LogP contribution in [0.2, 0.25) is 0 Å². The van der Waals surface area contributed by atoms with Crippen molar-refractivity contribution in [2.45, 2.75) is 31.2 Å². The number of aromatic nitrogens is 3. The van der Waals surface area contributed by atoms with Crippen molar-refractivity contribution >= 4 is 11.2 Å². The highest BCUT2D eigenvalue weighted by Crippen LogP contribution is 2.40. The van der Waals surface area contributed by atoms with Crippen LogP contribution in [0.1, 0.15) is 24.7 Å². The first-order valence-electron chi connectivity index (χ1n) is 5.55. The minimum atomic E-state index is -4.51. The largest absolute Gasteiger partial charge is 0.449 e. The average molecular weight is 257 g/mol. The minimum absolute atomic E-state index is 0.0891. The van der Waals surface area contributed by atoms with Gasteiger partial charge in [0.2, 0.25) is 5.82 Å². The smallest absolute Gasteiger partial charge is 0.393 e. The Bertz CT molecular complexity index is 587. The maximum atomic E-state index is 12.9. The molecule has 0 aromatic carbocycles. The fourth-order valence-corrected chi connectivity index (χ4v) is 2.27. The van der Waals surface area contributed by atoms with Crippen molar-refractivity contribution in [1.82, 2.24) is 14.5 Å². The molecule has 0 aliphatic heterocycles. The van der Waals surface area contributed by atoms with E-state index in [0.717, 1.165) is 4.57 Å². The number of rotatable bonds is 1. The molecule has 1 saturated carbocycles. The number of hydrogen-bond donors (Lipinski definition) is 1. The first-order chi connectivity index (χ1) is 8.47. The van der Waals surface area contributed by atoms with E-state index < -0.39 is 18.1 Å². The molecule has 0 bridgehead atoms. The number of nitrogens with zero attached hydrogens (tertiary/aromatic N) is 3. The number of aliphatic hydroxyl groups is 1. The Labute approximate surface area is 100 Å². The number of fused-ring (bicyclic) bond motifs is 1. The van der Waals surface area contributed by atoms with Gasteiger partial charge in [0.1, 0.15) is 0 Å². The lowest BCUT2D eigenvalue weighted by molar-refractivity contribution is -0.149. The molecule has 0 saturated heterocycles. The lowest BCUT2D eigenvalue weighted by Gasteiger charge is -2.34. The summed E-state index contributed by atoms with van der Waals surface area (Å²) in [6.45, 7) is 0. The van der Waals surface area contributed by atoms with Gasteiger partial charge in [-0.05, 0) is 25.0 Å². The summed E-state index contributed by atoms with van der Waals surface area (Å²) in [6.07, 6.45) is -2.98. The lowest BCUT2D eigenvalue weighted by atomic mass is 9.89. The Morgan fingerprint density at radius 1 is 1.33 bits per heavy atom. The van der Waals surface area contributed by atoms with Crippen LogP contribution < -0.4 is 0 Å². The number of halogens is 3. The summed E-state index contributed by atoms with van der Waals surface area (Å²) in [5, 5.41) is 9.25. The molecular weight excluding hydrogens is 247 g/mol. The molecular formula is C11H10F3N3O. The Kier molecular flexibility index (Phi) is 2.34. The molecule has 18 heavy (non-hydrogen) atoms. The summed E-state index contributed by atoms with van der Waals surface area (Å²) >= 11 is 0. The second-order valence-electron chi connectivity index (χ2n) is 4.43. The number of hydrogen-bond acceptors (Lipinski definition) is 3. The Hall–Kier alpha value is -1.63. The van der Waals surface area contributed by atoms with Gasteiger partial charge in [-0.25, -0.2) is 9.97 Å². The van der Waals surface area contributed by atoms with Gasteiger partial charge in [-0.15, -0.1) is 0 Å². The van der Waals surface area contributed by atoms with E-state index in [1.165, 1.54) is 6.20 Å². The van der Waals surface area contributed by atoms with Crippen LogP contribution >= 0.6 is 0 Å². The molecule has 0 amide bonds. The fraction of sp³-hybridized carbons (Fsp3) is 0.455. The van der Waals surface area contributed by atoms with E-state index in [0.29, 0.717) is 18.4 Å². The predicted octanol–water partition coefficient (Wildman–Crippen LogP) is 2.15. The SMILES string of the molecule is OC1CC(n2c(C(F)(F)F)nc3ncccc32)C1. The number of imidazole rings is 1. The van der Waals surface area contributed by atoms with Gasteiger partial charge in [-0.3, -0.25) is 0 Å². The molecule has 2 aromatic heterocycles. The minimum Gasteiger partial charge on any atom is -0.393 e. The third-order valence-corrected chi connectivity index (χ3v) is 3.17. The maximum absolute atomic E-state index is 12.9. The van der Waals surface area contributed by atoms with Crippen LogP contribution in [0.25, 0.3) is 11.2 Å². The van der Waals surface area contributed by atoms with Gasteiger partial charge >= 0.3 is 6.18 Å². The van der Waals surface area contributed by atoms with Crippen molar-refractivity contribution in [2.75, 3.05) is 0 Å². The molecule has 1 aliphatic rings. The van der Waals surface area contributed by atoms with Gasteiger partial charge in [-0.1, -0.05) is 0 Å². The van der Waals surface area contributed by atoms with Crippen LogP contribution in [0, 0.1) is 0 Å². The lowest BCUT2D eigenvalue weighted by Crippen LogP contribution is -2.33. The molecule has 1 fully saturated rings. The van der Waals surface area contributed by atoms with E-state index in [2.05, 4.69) is 9.97 Å². The van der Waals surface area contributed by atoms with Crippen molar-refractivity contribution in [3.63, 3.8) is 0 Å². The van der Waals surface area contributed by atoms with Crippen LogP contribution in [0.4, 0.5) is 13.2 Å². The highest BCUT2D eigenvalue weighted by molar-refractivity contribution is 5.71. The normalized spacial score (nSPS) is 24.2. The van der Waals surface area contributed by atoms with Crippen LogP contribution in [0.5, 0.6) is 0 Å². The summed E-state index contributed by atoms with van der Waals surface area (Å²) < 4.78 is 39.9. The first-order valence-corrected chi connectivity index (χ1v) is 5.55. The van der Waals surface area contributed by atoms with Crippen LogP contribution in [0.3, 0.4) is 0 Å². The second kappa shape index (κ2) is 3.68. The quantitative estimate of drug-likeness (QED) is 0.851. The topological polar surface area (TPSA) is 50.9 Å². The van der Waals surface area contributed by atoms with Crippen LogP contribution in [-0.4, -0.2) is 25.7 Å². The monoisotopic (exact) mass is 257 g/mol. The van der Waals surface area contributed by atoms with Crippen molar-refractivity contribution in [3.8, 4) is 0 Å². The first kappa shape index (κ1) is 11.5. The number of alkyl halides is 3.